The van der Waals surface area contributed by atoms with Crippen LogP contribution in [0.2, 0.25) is 0 Å². The molecule has 16 heavy (non-hydrogen) atoms. The second-order valence-corrected chi connectivity index (χ2v) is 6.53. The molecule has 2 unspecified atom stereocenters. The van der Waals surface area contributed by atoms with E-state index in [1.165, 1.54) is 12.8 Å². The van der Waals surface area contributed by atoms with Gasteiger partial charge < -0.3 is 4.90 Å². The third-order valence-corrected chi connectivity index (χ3v) is 3.85. The lowest BCUT2D eigenvalue weighted by atomic mass is 9.68. The normalized spacial score (nSPS) is 26.2. The second kappa shape index (κ2) is 5.39. The minimum Gasteiger partial charge on any atom is -0.344 e. The lowest BCUT2D eigenvalue weighted by Gasteiger charge is -2.39. The van der Waals surface area contributed by atoms with Crippen molar-refractivity contribution in [1.29, 1.82) is 0 Å². The quantitative estimate of drug-likeness (QED) is 0.699. The highest BCUT2D eigenvalue weighted by atomic mass is 35.5. The Bertz CT molecular complexity index is 250. The number of carbonyl (C=O) groups is 1. The van der Waals surface area contributed by atoms with Gasteiger partial charge in [0.05, 0.1) is 0 Å². The molecule has 0 aromatic carbocycles. The summed E-state index contributed by atoms with van der Waals surface area (Å²) in [7, 11) is 1.87. The number of alkyl halides is 1. The molecule has 2 nitrogen and oxygen atoms in total. The van der Waals surface area contributed by atoms with Crippen LogP contribution in [-0.4, -0.2) is 29.8 Å². The Morgan fingerprint density at radius 2 is 2.12 bits per heavy atom. The van der Waals surface area contributed by atoms with Crippen molar-refractivity contribution in [3.8, 4) is 0 Å². The molecular weight excluding hydrogens is 222 g/mol. The molecule has 0 aromatic rings. The van der Waals surface area contributed by atoms with Gasteiger partial charge in [-0.05, 0) is 25.2 Å². The van der Waals surface area contributed by atoms with Gasteiger partial charge in [0.1, 0.15) is 0 Å². The summed E-state index contributed by atoms with van der Waals surface area (Å²) in [6.45, 7) is 7.00. The van der Waals surface area contributed by atoms with E-state index in [4.69, 9.17) is 11.6 Å². The van der Waals surface area contributed by atoms with Crippen LogP contribution in [-0.2, 0) is 4.79 Å². The maximum atomic E-state index is 12.3. The molecule has 0 saturated heterocycles. The van der Waals surface area contributed by atoms with E-state index in [-0.39, 0.29) is 22.6 Å². The molecule has 94 valence electrons. The first-order chi connectivity index (χ1) is 7.34. The first kappa shape index (κ1) is 13.8. The maximum absolute atomic E-state index is 12.3. The summed E-state index contributed by atoms with van der Waals surface area (Å²) in [6, 6.07) is 0. The molecule has 3 heteroatoms. The van der Waals surface area contributed by atoms with Gasteiger partial charge in [-0.1, -0.05) is 26.7 Å². The minimum absolute atomic E-state index is 0.0284. The summed E-state index contributed by atoms with van der Waals surface area (Å²) in [4.78, 5) is 14.1. The molecule has 0 aromatic heterocycles. The molecule has 1 amide bonds. The van der Waals surface area contributed by atoms with Gasteiger partial charge in [-0.3, -0.25) is 4.79 Å². The summed E-state index contributed by atoms with van der Waals surface area (Å²) in [5.74, 6) is 0.457. The molecule has 0 heterocycles. The van der Waals surface area contributed by atoms with Gasteiger partial charge in [-0.15, -0.1) is 11.6 Å². The van der Waals surface area contributed by atoms with Crippen LogP contribution >= 0.6 is 11.6 Å². The number of hydrogen-bond donors (Lipinski definition) is 0. The Labute approximate surface area is 104 Å². The van der Waals surface area contributed by atoms with Gasteiger partial charge in [0.15, 0.2) is 0 Å². The van der Waals surface area contributed by atoms with E-state index in [9.17, 15) is 4.79 Å². The lowest BCUT2D eigenvalue weighted by molar-refractivity contribution is -0.139. The van der Waals surface area contributed by atoms with E-state index in [1.807, 2.05) is 14.0 Å². The van der Waals surface area contributed by atoms with Crippen LogP contribution in [0.3, 0.4) is 0 Å². The third kappa shape index (κ3) is 3.38. The van der Waals surface area contributed by atoms with E-state index >= 15 is 0 Å². The van der Waals surface area contributed by atoms with Crippen LogP contribution in [0.25, 0.3) is 0 Å². The van der Waals surface area contributed by atoms with Gasteiger partial charge in [0.25, 0.3) is 0 Å². The number of nitrogens with zero attached hydrogens (tertiary/aromatic N) is 1. The molecule has 1 aliphatic rings. The van der Waals surface area contributed by atoms with Crippen molar-refractivity contribution in [2.45, 2.75) is 51.8 Å². The summed E-state index contributed by atoms with van der Waals surface area (Å²) in [6.07, 6.45) is 4.64. The fraction of sp³-hybridized carbons (Fsp3) is 0.923. The van der Waals surface area contributed by atoms with E-state index < -0.39 is 0 Å². The van der Waals surface area contributed by atoms with Gasteiger partial charge in [0.2, 0.25) is 5.91 Å². The Morgan fingerprint density at radius 1 is 1.50 bits per heavy atom. The van der Waals surface area contributed by atoms with E-state index in [0.717, 1.165) is 12.8 Å². The van der Waals surface area contributed by atoms with Crippen molar-refractivity contribution in [2.24, 2.45) is 11.3 Å². The lowest BCUT2D eigenvalue weighted by Crippen LogP contribution is -2.43. The molecular formula is C13H24ClNO. The van der Waals surface area contributed by atoms with Crippen LogP contribution in [0, 0.1) is 11.3 Å². The highest BCUT2D eigenvalue weighted by Gasteiger charge is 2.38. The molecule has 2 atom stereocenters. The topological polar surface area (TPSA) is 20.3 Å². The number of hydrogen-bond acceptors (Lipinski definition) is 1. The second-order valence-electron chi connectivity index (χ2n) is 5.79. The smallest absolute Gasteiger partial charge is 0.226 e. The van der Waals surface area contributed by atoms with Crippen LogP contribution in [0.4, 0.5) is 0 Å². The van der Waals surface area contributed by atoms with E-state index in [2.05, 4.69) is 13.8 Å². The Morgan fingerprint density at radius 3 is 2.62 bits per heavy atom. The van der Waals surface area contributed by atoms with Crippen LogP contribution in [0.5, 0.6) is 0 Å². The molecule has 1 saturated carbocycles. The summed E-state index contributed by atoms with van der Waals surface area (Å²) in [5, 5.41) is 0.0284. The van der Waals surface area contributed by atoms with Crippen molar-refractivity contribution in [3.63, 3.8) is 0 Å². The van der Waals surface area contributed by atoms with Gasteiger partial charge in [-0.2, -0.15) is 0 Å². The fourth-order valence-electron chi connectivity index (χ4n) is 2.69. The summed E-state index contributed by atoms with van der Waals surface area (Å²) in [5.41, 5.74) is 0.152. The van der Waals surface area contributed by atoms with Gasteiger partial charge >= 0.3 is 0 Å². The average molecular weight is 246 g/mol. The number of rotatable bonds is 3. The van der Waals surface area contributed by atoms with Gasteiger partial charge in [-0.25, -0.2) is 0 Å². The first-order valence-corrected chi connectivity index (χ1v) is 6.67. The van der Waals surface area contributed by atoms with Crippen molar-refractivity contribution in [2.75, 3.05) is 13.6 Å². The molecule has 0 spiro atoms. The van der Waals surface area contributed by atoms with Crippen molar-refractivity contribution < 1.29 is 4.79 Å². The molecule has 0 radical (unpaired) electrons. The zero-order valence-electron chi connectivity index (χ0n) is 10.9. The molecule has 1 fully saturated rings. The largest absolute Gasteiger partial charge is 0.344 e. The first-order valence-electron chi connectivity index (χ1n) is 6.23. The average Bonchev–Trinajstić information content (AvgIpc) is 2.15. The molecule has 0 bridgehead atoms. The van der Waals surface area contributed by atoms with Gasteiger partial charge in [0, 0.05) is 24.9 Å². The maximum Gasteiger partial charge on any atom is 0.226 e. The zero-order valence-corrected chi connectivity index (χ0v) is 11.7. The van der Waals surface area contributed by atoms with Crippen molar-refractivity contribution >= 4 is 17.5 Å². The number of amides is 1. The number of carbonyl (C=O) groups excluding carboxylic acids is 1. The molecule has 1 rings (SSSR count). The minimum atomic E-state index is 0.0284. The Balaban J connectivity index is 2.64. The highest BCUT2D eigenvalue weighted by Crippen LogP contribution is 2.41. The van der Waals surface area contributed by atoms with Crippen LogP contribution in [0.15, 0.2) is 0 Å². The predicted octanol–water partition coefficient (Wildman–Crippen LogP) is 3.29. The van der Waals surface area contributed by atoms with E-state index in [1.54, 1.807) is 4.90 Å². The Kier molecular flexibility index (Phi) is 4.66. The number of halogens is 1. The SMILES string of the molecule is CC(Cl)CN(C)C(=O)C1CCCCC1(C)C. The summed E-state index contributed by atoms with van der Waals surface area (Å²) < 4.78 is 0. The molecule has 0 N–H and O–H groups in total. The highest BCUT2D eigenvalue weighted by molar-refractivity contribution is 6.20. The summed E-state index contributed by atoms with van der Waals surface area (Å²) >= 11 is 5.93. The van der Waals surface area contributed by atoms with Crippen molar-refractivity contribution in [1.82, 2.24) is 4.90 Å². The van der Waals surface area contributed by atoms with Crippen molar-refractivity contribution in [3.05, 3.63) is 0 Å². The zero-order chi connectivity index (χ0) is 12.3. The van der Waals surface area contributed by atoms with Crippen LogP contribution in [0.1, 0.15) is 46.5 Å². The predicted molar refractivity (Wildman–Crippen MR) is 68.7 cm³/mol. The fourth-order valence-corrected chi connectivity index (χ4v) is 2.89. The third-order valence-electron chi connectivity index (χ3n) is 3.71. The molecule has 1 aliphatic carbocycles. The van der Waals surface area contributed by atoms with E-state index in [0.29, 0.717) is 6.54 Å². The monoisotopic (exact) mass is 245 g/mol. The standard InChI is InChI=1S/C13H24ClNO/c1-10(14)9-15(4)12(16)11-7-5-6-8-13(11,2)3/h10-11H,5-9H2,1-4H3. The molecule has 0 aliphatic heterocycles. The Hall–Kier alpha value is -0.240. The van der Waals surface area contributed by atoms with Crippen LogP contribution < -0.4 is 0 Å².